The van der Waals surface area contributed by atoms with Gasteiger partial charge in [-0.2, -0.15) is 5.10 Å². The van der Waals surface area contributed by atoms with Crippen LogP contribution in [0.2, 0.25) is 0 Å². The zero-order valence-electron chi connectivity index (χ0n) is 15.5. The number of furan rings is 1. The molecule has 9 heteroatoms. The minimum atomic E-state index is -0.591. The van der Waals surface area contributed by atoms with Gasteiger partial charge in [0, 0.05) is 12.4 Å². The van der Waals surface area contributed by atoms with Crippen LogP contribution in [0.15, 0.2) is 65.3 Å². The van der Waals surface area contributed by atoms with Gasteiger partial charge in [-0.25, -0.2) is 9.50 Å². The number of hydrogen-bond donors (Lipinski definition) is 2. The van der Waals surface area contributed by atoms with E-state index in [0.29, 0.717) is 22.9 Å². The fourth-order valence-electron chi connectivity index (χ4n) is 2.75. The Bertz CT molecular complexity index is 1170. The molecule has 0 aliphatic heterocycles. The summed E-state index contributed by atoms with van der Waals surface area (Å²) in [6.07, 6.45) is 3.25. The Kier molecular flexibility index (Phi) is 4.93. The molecule has 0 saturated heterocycles. The number of fused-ring (bicyclic) bond motifs is 1. The number of carbonyl (C=O) groups is 2. The lowest BCUT2D eigenvalue weighted by atomic mass is 10.2. The maximum absolute atomic E-state index is 12.5. The van der Waals surface area contributed by atoms with Crippen LogP contribution in [0.4, 0.5) is 0 Å². The average molecular weight is 391 g/mol. The molecule has 4 rings (SSSR count). The summed E-state index contributed by atoms with van der Waals surface area (Å²) in [5.41, 5.74) is 5.86. The molecule has 9 nitrogen and oxygen atoms in total. The van der Waals surface area contributed by atoms with Crippen LogP contribution >= 0.6 is 0 Å². The lowest BCUT2D eigenvalue weighted by molar-refractivity contribution is 0.0828. The zero-order valence-corrected chi connectivity index (χ0v) is 15.5. The highest BCUT2D eigenvalue weighted by Crippen LogP contribution is 2.14. The number of benzene rings is 1. The van der Waals surface area contributed by atoms with Gasteiger partial charge in [0.2, 0.25) is 0 Å². The highest BCUT2D eigenvalue weighted by atomic mass is 16.5. The standard InChI is InChI=1S/C20H17N5O4/c1-13-17(18-21-10-5-11-25(18)24-13)20(27)23-22-19(26)16-9-8-15(29-16)12-28-14-6-3-2-4-7-14/h2-11H,12H2,1H3,(H,22,26)(H,23,27). The van der Waals surface area contributed by atoms with E-state index in [0.717, 1.165) is 0 Å². The minimum absolute atomic E-state index is 0.0478. The van der Waals surface area contributed by atoms with Gasteiger partial charge in [-0.15, -0.1) is 0 Å². The quantitative estimate of drug-likeness (QED) is 0.505. The van der Waals surface area contributed by atoms with Crippen LogP contribution in [-0.4, -0.2) is 26.4 Å². The molecule has 0 atom stereocenters. The van der Waals surface area contributed by atoms with Crippen LogP contribution in [0, 0.1) is 6.92 Å². The normalized spacial score (nSPS) is 10.7. The number of aromatic nitrogens is 3. The highest BCUT2D eigenvalue weighted by molar-refractivity contribution is 6.02. The van der Waals surface area contributed by atoms with Crippen molar-refractivity contribution in [2.75, 3.05) is 0 Å². The summed E-state index contributed by atoms with van der Waals surface area (Å²) in [4.78, 5) is 28.9. The Hall–Kier alpha value is -4.14. The van der Waals surface area contributed by atoms with Crippen molar-refractivity contribution >= 4 is 17.5 Å². The topological polar surface area (TPSA) is 111 Å². The van der Waals surface area contributed by atoms with E-state index >= 15 is 0 Å². The van der Waals surface area contributed by atoms with Gasteiger partial charge < -0.3 is 9.15 Å². The molecule has 3 heterocycles. The Labute approximate surface area is 165 Å². The molecule has 0 aliphatic rings. The van der Waals surface area contributed by atoms with Gasteiger partial charge in [-0.3, -0.25) is 20.4 Å². The van der Waals surface area contributed by atoms with Gasteiger partial charge >= 0.3 is 5.91 Å². The third kappa shape index (κ3) is 3.93. The summed E-state index contributed by atoms with van der Waals surface area (Å²) in [5.74, 6) is 0.106. The van der Waals surface area contributed by atoms with Gasteiger partial charge in [0.05, 0.1) is 5.69 Å². The van der Waals surface area contributed by atoms with Crippen LogP contribution in [0.5, 0.6) is 5.75 Å². The lowest BCUT2D eigenvalue weighted by Crippen LogP contribution is -2.41. The molecule has 4 aromatic rings. The average Bonchev–Trinajstić information content (AvgIpc) is 3.34. The summed E-state index contributed by atoms with van der Waals surface area (Å²) < 4.78 is 12.5. The van der Waals surface area contributed by atoms with Gasteiger partial charge in [0.1, 0.15) is 23.7 Å². The number of ether oxygens (including phenoxy) is 1. The minimum Gasteiger partial charge on any atom is -0.486 e. The highest BCUT2D eigenvalue weighted by Gasteiger charge is 2.19. The van der Waals surface area contributed by atoms with Gasteiger partial charge in [-0.05, 0) is 37.3 Å². The zero-order chi connectivity index (χ0) is 20.2. The molecule has 2 N–H and O–H groups in total. The van der Waals surface area contributed by atoms with E-state index in [-0.39, 0.29) is 17.9 Å². The summed E-state index contributed by atoms with van der Waals surface area (Å²) in [5, 5.41) is 4.22. The summed E-state index contributed by atoms with van der Waals surface area (Å²) in [6, 6.07) is 14.1. The van der Waals surface area contributed by atoms with E-state index in [1.165, 1.54) is 10.6 Å². The van der Waals surface area contributed by atoms with Crippen LogP contribution in [-0.2, 0) is 6.61 Å². The van der Waals surface area contributed by atoms with Gasteiger partial charge in [-0.1, -0.05) is 18.2 Å². The smallest absolute Gasteiger partial charge is 0.305 e. The van der Waals surface area contributed by atoms with Crippen molar-refractivity contribution in [3.8, 4) is 5.75 Å². The van der Waals surface area contributed by atoms with Crippen molar-refractivity contribution in [3.63, 3.8) is 0 Å². The molecule has 0 saturated carbocycles. The Morgan fingerprint density at radius 1 is 1.07 bits per heavy atom. The number of hydrazine groups is 1. The molecule has 3 aromatic heterocycles. The maximum Gasteiger partial charge on any atom is 0.305 e. The SMILES string of the molecule is Cc1nn2cccnc2c1C(=O)NNC(=O)c1ccc(COc2ccccc2)o1. The number of nitrogens with zero attached hydrogens (tertiary/aromatic N) is 3. The molecule has 146 valence electrons. The Balaban J connectivity index is 1.36. The molecular formula is C20H17N5O4. The number of nitrogens with one attached hydrogen (secondary N) is 2. The Morgan fingerprint density at radius 3 is 2.69 bits per heavy atom. The fraction of sp³-hybridized carbons (Fsp3) is 0.100. The number of carbonyl (C=O) groups excluding carboxylic acids is 2. The molecule has 2 amide bonds. The van der Waals surface area contributed by atoms with Crippen molar-refractivity contribution < 1.29 is 18.7 Å². The predicted molar refractivity (Wildman–Crippen MR) is 102 cm³/mol. The number of aryl methyl sites for hydroxylation is 1. The lowest BCUT2D eigenvalue weighted by Gasteiger charge is -2.06. The van der Waals surface area contributed by atoms with Crippen LogP contribution < -0.4 is 15.6 Å². The second-order valence-corrected chi connectivity index (χ2v) is 6.12. The second-order valence-electron chi connectivity index (χ2n) is 6.12. The van der Waals surface area contributed by atoms with Crippen LogP contribution in [0.25, 0.3) is 5.65 Å². The molecule has 0 spiro atoms. The van der Waals surface area contributed by atoms with Crippen LogP contribution in [0.3, 0.4) is 0 Å². The first kappa shape index (κ1) is 18.2. The van der Waals surface area contributed by atoms with E-state index in [2.05, 4.69) is 20.9 Å². The summed E-state index contributed by atoms with van der Waals surface area (Å²) in [6.45, 7) is 1.87. The van der Waals surface area contributed by atoms with E-state index in [4.69, 9.17) is 9.15 Å². The van der Waals surface area contributed by atoms with E-state index < -0.39 is 11.8 Å². The van der Waals surface area contributed by atoms with Crippen molar-refractivity contribution in [3.05, 3.63) is 83.7 Å². The molecule has 0 bridgehead atoms. The number of amides is 2. The second kappa shape index (κ2) is 7.85. The monoisotopic (exact) mass is 391 g/mol. The fourth-order valence-corrected chi connectivity index (χ4v) is 2.75. The number of rotatable bonds is 5. The molecule has 0 unspecified atom stereocenters. The predicted octanol–water partition coefficient (Wildman–Crippen LogP) is 2.28. The van der Waals surface area contributed by atoms with E-state index in [1.807, 2.05) is 30.3 Å². The van der Waals surface area contributed by atoms with Crippen molar-refractivity contribution in [1.29, 1.82) is 0 Å². The summed E-state index contributed by atoms with van der Waals surface area (Å²) in [7, 11) is 0. The molecule has 0 radical (unpaired) electrons. The van der Waals surface area contributed by atoms with E-state index in [9.17, 15) is 9.59 Å². The molecule has 1 aromatic carbocycles. The first-order valence-corrected chi connectivity index (χ1v) is 8.79. The van der Waals surface area contributed by atoms with E-state index in [1.54, 1.807) is 31.5 Å². The van der Waals surface area contributed by atoms with Crippen molar-refractivity contribution in [1.82, 2.24) is 25.4 Å². The molecular weight excluding hydrogens is 374 g/mol. The third-order valence-corrected chi connectivity index (χ3v) is 4.10. The van der Waals surface area contributed by atoms with Gasteiger partial charge in [0.15, 0.2) is 11.4 Å². The first-order chi connectivity index (χ1) is 14.1. The maximum atomic E-state index is 12.5. The molecule has 0 fully saturated rings. The largest absolute Gasteiger partial charge is 0.486 e. The Morgan fingerprint density at radius 2 is 1.86 bits per heavy atom. The number of para-hydroxylation sites is 1. The number of hydrogen-bond acceptors (Lipinski definition) is 6. The molecule has 0 aliphatic carbocycles. The van der Waals surface area contributed by atoms with Crippen LogP contribution in [0.1, 0.15) is 32.4 Å². The summed E-state index contributed by atoms with van der Waals surface area (Å²) >= 11 is 0. The van der Waals surface area contributed by atoms with Crippen molar-refractivity contribution in [2.24, 2.45) is 0 Å². The van der Waals surface area contributed by atoms with Crippen molar-refractivity contribution in [2.45, 2.75) is 13.5 Å². The third-order valence-electron chi connectivity index (χ3n) is 4.10. The molecule has 29 heavy (non-hydrogen) atoms. The first-order valence-electron chi connectivity index (χ1n) is 8.79. The van der Waals surface area contributed by atoms with Gasteiger partial charge in [0.25, 0.3) is 5.91 Å².